The van der Waals surface area contributed by atoms with Gasteiger partial charge in [-0.25, -0.2) is 9.78 Å². The average Bonchev–Trinajstić information content (AvgIpc) is 3.25. The Kier molecular flexibility index (Phi) is 8.44. The van der Waals surface area contributed by atoms with Crippen LogP contribution in [0.1, 0.15) is 17.7 Å². The molecule has 3 aromatic rings. The molecule has 0 bridgehead atoms. The van der Waals surface area contributed by atoms with Gasteiger partial charge in [-0.05, 0) is 54.8 Å². The molecule has 3 rings (SSSR count). The molecule has 1 heterocycles. The van der Waals surface area contributed by atoms with E-state index >= 15 is 0 Å². The molecule has 2 aromatic carbocycles. The number of benzene rings is 2. The van der Waals surface area contributed by atoms with Gasteiger partial charge >= 0.3 is 6.03 Å². The maximum absolute atomic E-state index is 12.1. The molecule has 0 aliphatic carbocycles. The van der Waals surface area contributed by atoms with Crippen molar-refractivity contribution in [3.05, 3.63) is 65.2 Å². The standard InChI is InChI=1S/C23H26N4O4S/c1-30-19-9-6-17(7-10-19)25-22(29)27-23-26-18(15-32-23)8-11-21(28)24-13-12-16-4-3-5-20(14-16)31-2/h3-7,9-10,14-15H,8,11-13H2,1-2H3,(H,24,28)(H2,25,26,27,29). The van der Waals surface area contributed by atoms with Crippen molar-refractivity contribution in [1.29, 1.82) is 0 Å². The molecule has 1 aromatic heterocycles. The minimum absolute atomic E-state index is 0.0346. The van der Waals surface area contributed by atoms with Crippen LogP contribution in [0.25, 0.3) is 0 Å². The normalized spacial score (nSPS) is 10.3. The van der Waals surface area contributed by atoms with Gasteiger partial charge in [-0.15, -0.1) is 11.3 Å². The van der Waals surface area contributed by atoms with Gasteiger partial charge in [0, 0.05) is 24.0 Å². The number of hydrogen-bond donors (Lipinski definition) is 3. The smallest absolute Gasteiger partial charge is 0.325 e. The third-order valence-corrected chi connectivity index (χ3v) is 5.40. The summed E-state index contributed by atoms with van der Waals surface area (Å²) in [6, 6.07) is 14.4. The molecule has 0 saturated heterocycles. The van der Waals surface area contributed by atoms with E-state index in [1.807, 2.05) is 29.6 Å². The zero-order chi connectivity index (χ0) is 22.8. The fourth-order valence-electron chi connectivity index (χ4n) is 2.92. The number of ether oxygens (including phenoxy) is 2. The third-order valence-electron chi connectivity index (χ3n) is 4.60. The van der Waals surface area contributed by atoms with Crippen LogP contribution in [0.4, 0.5) is 15.6 Å². The summed E-state index contributed by atoms with van der Waals surface area (Å²) in [5.41, 5.74) is 2.51. The summed E-state index contributed by atoms with van der Waals surface area (Å²) < 4.78 is 10.3. The molecule has 3 amide bonds. The Morgan fingerprint density at radius 1 is 0.969 bits per heavy atom. The van der Waals surface area contributed by atoms with Crippen LogP contribution in [0.15, 0.2) is 53.9 Å². The van der Waals surface area contributed by atoms with E-state index in [9.17, 15) is 9.59 Å². The predicted molar refractivity (Wildman–Crippen MR) is 126 cm³/mol. The first-order chi connectivity index (χ1) is 15.6. The molecule has 0 aliphatic heterocycles. The summed E-state index contributed by atoms with van der Waals surface area (Å²) >= 11 is 1.32. The number of nitrogens with zero attached hydrogens (tertiary/aromatic N) is 1. The van der Waals surface area contributed by atoms with E-state index in [1.165, 1.54) is 11.3 Å². The molecule has 0 spiro atoms. The summed E-state index contributed by atoms with van der Waals surface area (Å²) in [6.45, 7) is 0.557. The van der Waals surface area contributed by atoms with Crippen LogP contribution in [-0.2, 0) is 17.6 Å². The number of hydrogen-bond acceptors (Lipinski definition) is 6. The first-order valence-electron chi connectivity index (χ1n) is 10.1. The predicted octanol–water partition coefficient (Wildman–Crippen LogP) is 4.10. The number of nitrogens with one attached hydrogen (secondary N) is 3. The van der Waals surface area contributed by atoms with Crippen molar-refractivity contribution in [1.82, 2.24) is 10.3 Å². The topological polar surface area (TPSA) is 102 Å². The fraction of sp³-hybridized carbons (Fsp3) is 0.261. The lowest BCUT2D eigenvalue weighted by Gasteiger charge is -2.07. The molecule has 32 heavy (non-hydrogen) atoms. The van der Waals surface area contributed by atoms with E-state index in [-0.39, 0.29) is 11.9 Å². The molecule has 0 saturated carbocycles. The molecular formula is C23H26N4O4S. The van der Waals surface area contributed by atoms with Gasteiger partial charge < -0.3 is 20.1 Å². The van der Waals surface area contributed by atoms with Crippen molar-refractivity contribution in [3.63, 3.8) is 0 Å². The second-order valence-corrected chi connectivity index (χ2v) is 7.76. The van der Waals surface area contributed by atoms with Gasteiger partial charge in [0.1, 0.15) is 11.5 Å². The van der Waals surface area contributed by atoms with Crippen LogP contribution in [0.2, 0.25) is 0 Å². The van der Waals surface area contributed by atoms with Gasteiger partial charge in [-0.2, -0.15) is 0 Å². The van der Waals surface area contributed by atoms with Gasteiger partial charge in [-0.3, -0.25) is 10.1 Å². The number of aryl methyl sites for hydroxylation is 1. The quantitative estimate of drug-likeness (QED) is 0.428. The van der Waals surface area contributed by atoms with E-state index in [1.54, 1.807) is 38.5 Å². The Morgan fingerprint density at radius 3 is 2.50 bits per heavy atom. The summed E-state index contributed by atoms with van der Waals surface area (Å²) in [5.74, 6) is 1.48. The minimum atomic E-state index is -0.383. The molecule has 168 valence electrons. The highest BCUT2D eigenvalue weighted by Crippen LogP contribution is 2.18. The molecular weight excluding hydrogens is 428 g/mol. The number of carbonyl (C=O) groups excluding carboxylic acids is 2. The SMILES string of the molecule is COc1ccc(NC(=O)Nc2nc(CCC(=O)NCCc3cccc(OC)c3)cs2)cc1. The number of amides is 3. The lowest BCUT2D eigenvalue weighted by atomic mass is 10.1. The highest BCUT2D eigenvalue weighted by molar-refractivity contribution is 7.13. The van der Waals surface area contributed by atoms with Crippen molar-refractivity contribution >= 4 is 34.1 Å². The van der Waals surface area contributed by atoms with Crippen molar-refractivity contribution in [2.45, 2.75) is 19.3 Å². The van der Waals surface area contributed by atoms with E-state index in [2.05, 4.69) is 20.9 Å². The number of urea groups is 1. The molecule has 3 N–H and O–H groups in total. The first kappa shape index (κ1) is 23.1. The lowest BCUT2D eigenvalue weighted by molar-refractivity contribution is -0.121. The number of thiazole rings is 1. The van der Waals surface area contributed by atoms with Gasteiger partial charge in [0.25, 0.3) is 0 Å². The van der Waals surface area contributed by atoms with E-state index in [4.69, 9.17) is 9.47 Å². The molecule has 0 radical (unpaired) electrons. The van der Waals surface area contributed by atoms with Crippen molar-refractivity contribution < 1.29 is 19.1 Å². The molecule has 0 fully saturated rings. The molecule has 9 heteroatoms. The second-order valence-electron chi connectivity index (χ2n) is 6.90. The number of carbonyl (C=O) groups is 2. The Hall–Kier alpha value is -3.59. The van der Waals surface area contributed by atoms with E-state index in [0.29, 0.717) is 36.0 Å². The zero-order valence-electron chi connectivity index (χ0n) is 18.0. The van der Waals surface area contributed by atoms with Gasteiger partial charge in [0.05, 0.1) is 19.9 Å². The molecule has 8 nitrogen and oxygen atoms in total. The summed E-state index contributed by atoms with van der Waals surface area (Å²) in [4.78, 5) is 28.6. The van der Waals surface area contributed by atoms with Gasteiger partial charge in [-0.1, -0.05) is 12.1 Å². The number of rotatable bonds is 10. The van der Waals surface area contributed by atoms with Crippen LogP contribution in [-0.4, -0.2) is 37.7 Å². The van der Waals surface area contributed by atoms with Gasteiger partial charge in [0.2, 0.25) is 5.91 Å². The maximum atomic E-state index is 12.1. The molecule has 0 aliphatic rings. The highest BCUT2D eigenvalue weighted by atomic mass is 32.1. The summed E-state index contributed by atoms with van der Waals surface area (Å²) in [5, 5.41) is 10.7. The van der Waals surface area contributed by atoms with Crippen LogP contribution in [0.5, 0.6) is 11.5 Å². The Bertz CT molecular complexity index is 1040. The third kappa shape index (κ3) is 7.28. The van der Waals surface area contributed by atoms with E-state index < -0.39 is 0 Å². The minimum Gasteiger partial charge on any atom is -0.497 e. The molecule has 0 unspecified atom stereocenters. The zero-order valence-corrected chi connectivity index (χ0v) is 18.8. The lowest BCUT2D eigenvalue weighted by Crippen LogP contribution is -2.25. The number of methoxy groups -OCH3 is 2. The van der Waals surface area contributed by atoms with Crippen LogP contribution >= 0.6 is 11.3 Å². The Balaban J connectivity index is 1.37. The molecule has 0 atom stereocenters. The van der Waals surface area contributed by atoms with Crippen LogP contribution in [0, 0.1) is 0 Å². The van der Waals surface area contributed by atoms with Crippen molar-refractivity contribution in [2.75, 3.05) is 31.4 Å². The van der Waals surface area contributed by atoms with Crippen molar-refractivity contribution in [2.24, 2.45) is 0 Å². The second kappa shape index (κ2) is 11.7. The van der Waals surface area contributed by atoms with E-state index in [0.717, 1.165) is 23.4 Å². The van der Waals surface area contributed by atoms with Gasteiger partial charge in [0.15, 0.2) is 5.13 Å². The summed E-state index contributed by atoms with van der Waals surface area (Å²) in [6.07, 6.45) is 1.57. The van der Waals surface area contributed by atoms with Crippen LogP contribution < -0.4 is 25.4 Å². The van der Waals surface area contributed by atoms with Crippen molar-refractivity contribution in [3.8, 4) is 11.5 Å². The maximum Gasteiger partial charge on any atom is 0.325 e. The average molecular weight is 455 g/mol. The largest absolute Gasteiger partial charge is 0.497 e. The van der Waals surface area contributed by atoms with Crippen LogP contribution in [0.3, 0.4) is 0 Å². The first-order valence-corrected chi connectivity index (χ1v) is 11.0. The fourth-order valence-corrected chi connectivity index (χ4v) is 3.66. The number of anilines is 2. The highest BCUT2D eigenvalue weighted by Gasteiger charge is 2.09. The monoisotopic (exact) mass is 454 g/mol. The number of aromatic nitrogens is 1. The Labute approximate surface area is 191 Å². The Morgan fingerprint density at radius 2 is 1.75 bits per heavy atom. The summed E-state index contributed by atoms with van der Waals surface area (Å²) in [7, 11) is 3.22.